The van der Waals surface area contributed by atoms with Crippen molar-refractivity contribution >= 4 is 11.6 Å². The Bertz CT molecular complexity index is 533. The van der Waals surface area contributed by atoms with Gasteiger partial charge in [-0.05, 0) is 63.8 Å². The molecule has 1 aromatic rings. The van der Waals surface area contributed by atoms with Gasteiger partial charge in [0.15, 0.2) is 0 Å². The number of hydrogen-bond donors (Lipinski definition) is 1. The van der Waals surface area contributed by atoms with E-state index in [0.717, 1.165) is 41.8 Å². The summed E-state index contributed by atoms with van der Waals surface area (Å²) in [4.78, 5) is 12.6. The fraction of sp³-hybridized carbons (Fsp3) is 0.650. The number of ether oxygens (including phenoxy) is 2. The van der Waals surface area contributed by atoms with E-state index >= 15 is 0 Å². The third-order valence-electron chi connectivity index (χ3n) is 4.55. The third kappa shape index (κ3) is 5.23. The van der Waals surface area contributed by atoms with Gasteiger partial charge in [-0.25, -0.2) is 0 Å². The Labute approximate surface area is 146 Å². The van der Waals surface area contributed by atoms with Crippen molar-refractivity contribution in [3.05, 3.63) is 23.3 Å². The summed E-state index contributed by atoms with van der Waals surface area (Å²) < 4.78 is 11.5. The second kappa shape index (κ2) is 9.07. The van der Waals surface area contributed by atoms with Gasteiger partial charge in [0.1, 0.15) is 11.4 Å². The SMILES string of the molecule is CCCCC(C)(OC)C(=O)Nc1cc(C)c(OC(C)CC)c(C)c1. The standard InChI is InChI=1S/C20H33NO3/c1-8-10-11-20(6,23-7)19(22)21-17-12-14(3)18(15(4)13-17)24-16(5)9-2/h12-13,16H,8-11H2,1-7H3,(H,21,22). The maximum atomic E-state index is 12.6. The quantitative estimate of drug-likeness (QED) is 0.689. The number of nitrogens with one attached hydrogen (secondary N) is 1. The molecule has 0 aromatic heterocycles. The van der Waals surface area contributed by atoms with E-state index in [0.29, 0.717) is 6.42 Å². The molecule has 0 aliphatic rings. The van der Waals surface area contributed by atoms with Gasteiger partial charge in [0.05, 0.1) is 6.10 Å². The lowest BCUT2D eigenvalue weighted by Crippen LogP contribution is -2.42. The summed E-state index contributed by atoms with van der Waals surface area (Å²) in [6, 6.07) is 3.91. The smallest absolute Gasteiger partial charge is 0.256 e. The summed E-state index contributed by atoms with van der Waals surface area (Å²) in [7, 11) is 1.59. The van der Waals surface area contributed by atoms with Crippen molar-refractivity contribution in [1.29, 1.82) is 0 Å². The highest BCUT2D eigenvalue weighted by atomic mass is 16.5. The van der Waals surface area contributed by atoms with Crippen LogP contribution < -0.4 is 10.1 Å². The largest absolute Gasteiger partial charge is 0.490 e. The van der Waals surface area contributed by atoms with Gasteiger partial charge in [-0.2, -0.15) is 0 Å². The lowest BCUT2D eigenvalue weighted by atomic mass is 9.97. The Hall–Kier alpha value is -1.55. The zero-order valence-corrected chi connectivity index (χ0v) is 16.3. The number of amides is 1. The summed E-state index contributed by atoms with van der Waals surface area (Å²) in [6.07, 6.45) is 3.83. The van der Waals surface area contributed by atoms with Gasteiger partial charge in [0, 0.05) is 12.8 Å². The van der Waals surface area contributed by atoms with Crippen LogP contribution in [0.3, 0.4) is 0 Å². The van der Waals surface area contributed by atoms with Gasteiger partial charge in [-0.1, -0.05) is 26.7 Å². The molecule has 0 saturated heterocycles. The molecular formula is C20H33NO3. The molecule has 1 N–H and O–H groups in total. The van der Waals surface area contributed by atoms with Crippen LogP contribution in [-0.4, -0.2) is 24.7 Å². The topological polar surface area (TPSA) is 47.6 Å². The molecule has 2 unspecified atom stereocenters. The van der Waals surface area contributed by atoms with Crippen LogP contribution in [0.2, 0.25) is 0 Å². The highest BCUT2D eigenvalue weighted by Crippen LogP contribution is 2.29. The molecule has 0 fully saturated rings. The van der Waals surface area contributed by atoms with Crippen molar-refractivity contribution in [2.75, 3.05) is 12.4 Å². The molecule has 0 heterocycles. The van der Waals surface area contributed by atoms with E-state index in [-0.39, 0.29) is 12.0 Å². The Morgan fingerprint density at radius 2 is 1.83 bits per heavy atom. The number of rotatable bonds is 9. The first-order chi connectivity index (χ1) is 11.3. The van der Waals surface area contributed by atoms with Crippen molar-refractivity contribution in [3.63, 3.8) is 0 Å². The van der Waals surface area contributed by atoms with Crippen molar-refractivity contribution in [1.82, 2.24) is 0 Å². The minimum absolute atomic E-state index is 0.104. The third-order valence-corrected chi connectivity index (χ3v) is 4.55. The lowest BCUT2D eigenvalue weighted by molar-refractivity contribution is -0.136. The number of anilines is 1. The Morgan fingerprint density at radius 1 is 1.25 bits per heavy atom. The summed E-state index contributed by atoms with van der Waals surface area (Å²) in [6.45, 7) is 12.1. The maximum absolute atomic E-state index is 12.6. The average molecular weight is 335 g/mol. The molecule has 0 aliphatic carbocycles. The van der Waals surface area contributed by atoms with E-state index < -0.39 is 5.60 Å². The molecule has 2 atom stereocenters. The van der Waals surface area contributed by atoms with E-state index in [1.54, 1.807) is 7.11 Å². The molecule has 0 radical (unpaired) electrons. The minimum atomic E-state index is -0.802. The number of aryl methyl sites for hydroxylation is 2. The molecule has 0 saturated carbocycles. The molecule has 0 bridgehead atoms. The first-order valence-electron chi connectivity index (χ1n) is 8.91. The second-order valence-corrected chi connectivity index (χ2v) is 6.77. The monoisotopic (exact) mass is 335 g/mol. The van der Waals surface area contributed by atoms with Crippen LogP contribution in [0.5, 0.6) is 5.75 Å². The Kier molecular flexibility index (Phi) is 7.74. The highest BCUT2D eigenvalue weighted by Gasteiger charge is 2.32. The number of carbonyl (C=O) groups excluding carboxylic acids is 1. The van der Waals surface area contributed by atoms with Crippen LogP contribution in [0.1, 0.15) is 64.5 Å². The van der Waals surface area contributed by atoms with Crippen LogP contribution in [-0.2, 0) is 9.53 Å². The van der Waals surface area contributed by atoms with Gasteiger partial charge in [-0.15, -0.1) is 0 Å². The summed E-state index contributed by atoms with van der Waals surface area (Å²) in [5, 5.41) is 3.00. The number of methoxy groups -OCH3 is 1. The van der Waals surface area contributed by atoms with Crippen LogP contribution in [0.25, 0.3) is 0 Å². The lowest BCUT2D eigenvalue weighted by Gasteiger charge is -2.27. The van der Waals surface area contributed by atoms with Crippen molar-refractivity contribution in [3.8, 4) is 5.75 Å². The summed E-state index contributed by atoms with van der Waals surface area (Å²) >= 11 is 0. The van der Waals surface area contributed by atoms with E-state index in [1.807, 2.05) is 32.9 Å². The molecule has 136 valence electrons. The zero-order valence-electron chi connectivity index (χ0n) is 16.3. The van der Waals surface area contributed by atoms with Gasteiger partial charge in [-0.3, -0.25) is 4.79 Å². The highest BCUT2D eigenvalue weighted by molar-refractivity contribution is 5.97. The van der Waals surface area contributed by atoms with Gasteiger partial charge in [0.2, 0.25) is 0 Å². The van der Waals surface area contributed by atoms with Crippen LogP contribution in [0.4, 0.5) is 5.69 Å². The van der Waals surface area contributed by atoms with Crippen molar-refractivity contribution in [2.24, 2.45) is 0 Å². The van der Waals surface area contributed by atoms with Gasteiger partial charge < -0.3 is 14.8 Å². The second-order valence-electron chi connectivity index (χ2n) is 6.77. The molecule has 0 aliphatic heterocycles. The predicted molar refractivity (Wildman–Crippen MR) is 99.9 cm³/mol. The number of benzene rings is 1. The van der Waals surface area contributed by atoms with Gasteiger partial charge >= 0.3 is 0 Å². The van der Waals surface area contributed by atoms with E-state index in [9.17, 15) is 4.79 Å². The zero-order chi connectivity index (χ0) is 18.3. The molecule has 1 rings (SSSR count). The summed E-state index contributed by atoms with van der Waals surface area (Å²) in [5.41, 5.74) is 2.03. The maximum Gasteiger partial charge on any atom is 0.256 e. The fourth-order valence-corrected chi connectivity index (χ4v) is 2.58. The number of hydrogen-bond acceptors (Lipinski definition) is 3. The molecule has 0 spiro atoms. The number of carbonyl (C=O) groups is 1. The van der Waals surface area contributed by atoms with Crippen LogP contribution >= 0.6 is 0 Å². The molecule has 4 nitrogen and oxygen atoms in total. The van der Waals surface area contributed by atoms with Gasteiger partial charge in [0.25, 0.3) is 5.91 Å². The van der Waals surface area contributed by atoms with Crippen LogP contribution in [0, 0.1) is 13.8 Å². The minimum Gasteiger partial charge on any atom is -0.490 e. The van der Waals surface area contributed by atoms with Crippen LogP contribution in [0.15, 0.2) is 12.1 Å². The molecule has 4 heteroatoms. The molecule has 1 amide bonds. The average Bonchev–Trinajstić information content (AvgIpc) is 2.55. The Balaban J connectivity index is 2.94. The predicted octanol–water partition coefficient (Wildman–Crippen LogP) is 5.01. The van der Waals surface area contributed by atoms with E-state index in [4.69, 9.17) is 9.47 Å². The first-order valence-corrected chi connectivity index (χ1v) is 8.91. The normalized spacial score (nSPS) is 14.8. The molecule has 24 heavy (non-hydrogen) atoms. The molecular weight excluding hydrogens is 302 g/mol. The summed E-state index contributed by atoms with van der Waals surface area (Å²) in [5.74, 6) is 0.802. The number of unbranched alkanes of at least 4 members (excludes halogenated alkanes) is 1. The molecule has 1 aromatic carbocycles. The van der Waals surface area contributed by atoms with E-state index in [1.165, 1.54) is 0 Å². The van der Waals surface area contributed by atoms with Crippen molar-refractivity contribution in [2.45, 2.75) is 78.9 Å². The van der Waals surface area contributed by atoms with Crippen molar-refractivity contribution < 1.29 is 14.3 Å². The Morgan fingerprint density at radius 3 is 2.29 bits per heavy atom. The van der Waals surface area contributed by atoms with E-state index in [2.05, 4.69) is 26.1 Å². The fourth-order valence-electron chi connectivity index (χ4n) is 2.58. The first kappa shape index (κ1) is 20.5.